The zero-order valence-electron chi connectivity index (χ0n) is 18.3. The maximum atomic E-state index is 12.4. The van der Waals surface area contributed by atoms with Crippen LogP contribution in [0.3, 0.4) is 0 Å². The Bertz CT molecular complexity index is 1210. The van der Waals surface area contributed by atoms with E-state index in [2.05, 4.69) is 25.3 Å². The fourth-order valence-electron chi connectivity index (χ4n) is 3.03. The Kier molecular flexibility index (Phi) is 8.73. The van der Waals surface area contributed by atoms with Gasteiger partial charge in [-0.05, 0) is 30.7 Å². The number of carbonyl (C=O) groups is 3. The molecule has 0 aliphatic carbocycles. The van der Waals surface area contributed by atoms with Gasteiger partial charge in [-0.1, -0.05) is 0 Å². The van der Waals surface area contributed by atoms with Gasteiger partial charge in [-0.15, -0.1) is 0 Å². The van der Waals surface area contributed by atoms with Gasteiger partial charge in [0.2, 0.25) is 5.95 Å². The second-order valence-electron chi connectivity index (χ2n) is 7.20. The third-order valence-electron chi connectivity index (χ3n) is 4.72. The first-order valence-corrected chi connectivity index (χ1v) is 9.75. The molecule has 34 heavy (non-hydrogen) atoms. The number of carboxylic acids is 2. The van der Waals surface area contributed by atoms with Gasteiger partial charge in [-0.3, -0.25) is 9.59 Å². The number of anilines is 3. The average molecular weight is 520 g/mol. The summed E-state index contributed by atoms with van der Waals surface area (Å²) in [6, 6.07) is 5.16. The molecular weight excluding hydrogens is 498 g/mol. The third kappa shape index (κ3) is 6.54. The molecule has 3 rings (SSSR count). The molecule has 3 aromatic rings. The first kappa shape index (κ1) is 26.3. The summed E-state index contributed by atoms with van der Waals surface area (Å²) in [6.07, 6.45) is 0.964. The van der Waals surface area contributed by atoms with Crippen LogP contribution < -0.4 is 21.7 Å². The Labute approximate surface area is 206 Å². The number of carbonyl (C=O) groups excluding carboxylic acids is 1. The Morgan fingerprint density at radius 3 is 2.38 bits per heavy atom. The number of nitrogens with two attached hydrogens (primary N) is 2. The minimum atomic E-state index is -1.30. The summed E-state index contributed by atoms with van der Waals surface area (Å²) in [7, 11) is 1.82. The molecule has 0 unspecified atom stereocenters. The smallest absolute Gasteiger partial charge is 0.326 e. The van der Waals surface area contributed by atoms with E-state index >= 15 is 0 Å². The average Bonchev–Trinajstić information content (AvgIpc) is 2.76. The minimum Gasteiger partial charge on any atom is -0.481 e. The summed E-state index contributed by atoms with van der Waals surface area (Å²) < 4.78 is 0. The maximum absolute atomic E-state index is 12.4. The second-order valence-corrected chi connectivity index (χ2v) is 7.20. The number of hydrogen-bond donors (Lipinski definition) is 5. The summed E-state index contributed by atoms with van der Waals surface area (Å²) in [5.41, 5.74) is 13.7. The van der Waals surface area contributed by atoms with Crippen LogP contribution >= 0.6 is 0 Å². The van der Waals surface area contributed by atoms with Crippen LogP contribution in [0, 0.1) is 0 Å². The first-order valence-electron chi connectivity index (χ1n) is 9.75. The maximum Gasteiger partial charge on any atom is 0.326 e. The molecule has 14 heteroatoms. The number of aromatic nitrogens is 4. The van der Waals surface area contributed by atoms with Gasteiger partial charge in [0.25, 0.3) is 5.91 Å². The quantitative estimate of drug-likeness (QED) is 0.241. The van der Waals surface area contributed by atoms with Crippen LogP contribution in [0.15, 0.2) is 30.5 Å². The van der Waals surface area contributed by atoms with Gasteiger partial charge in [0, 0.05) is 44.2 Å². The number of nitrogens with one attached hydrogen (secondary N) is 1. The molecule has 2 heterocycles. The Morgan fingerprint density at radius 1 is 1.09 bits per heavy atom. The van der Waals surface area contributed by atoms with Crippen molar-refractivity contribution in [1.82, 2.24) is 25.3 Å². The van der Waals surface area contributed by atoms with E-state index in [-0.39, 0.29) is 49.6 Å². The number of aliphatic carboxylic acids is 2. The molecule has 0 radical (unpaired) electrons. The van der Waals surface area contributed by atoms with Gasteiger partial charge in [0.1, 0.15) is 6.04 Å². The van der Waals surface area contributed by atoms with E-state index in [4.69, 9.17) is 16.6 Å². The first-order chi connectivity index (χ1) is 15.6. The molecule has 2 aromatic heterocycles. The molecule has 1 aromatic carbocycles. The van der Waals surface area contributed by atoms with E-state index in [1.807, 2.05) is 11.9 Å². The Balaban J connectivity index is 0.00000408. The van der Waals surface area contributed by atoms with E-state index in [9.17, 15) is 19.5 Å². The summed E-state index contributed by atoms with van der Waals surface area (Å²) in [5.74, 6) is -2.91. The van der Waals surface area contributed by atoms with Crippen molar-refractivity contribution < 1.29 is 44.1 Å². The normalized spacial score (nSPS) is 11.3. The standard InChI is InChI=1S/C20H22N8O5.Zn/c1-28(9-11-8-23-17-15(24-11)16(21)26-20(22)27-17)12-4-2-10(3-5-12)18(31)25-13(19(32)33)6-7-14(29)30;/h2-5,8,13H,6-7,9H2,1H3,(H,25,31)(H,29,30)(H,32,33)(H4,21,22,23,26,27);/t13-;/m0./s1. The summed E-state index contributed by atoms with van der Waals surface area (Å²) in [4.78, 5) is 52.7. The molecule has 0 fully saturated rings. The summed E-state index contributed by atoms with van der Waals surface area (Å²) in [5, 5.41) is 20.2. The monoisotopic (exact) mass is 518 g/mol. The number of benzene rings is 1. The number of hydrogen-bond acceptors (Lipinski definition) is 10. The molecule has 174 valence electrons. The van der Waals surface area contributed by atoms with Crippen LogP contribution in [0.1, 0.15) is 28.9 Å². The van der Waals surface area contributed by atoms with Crippen molar-refractivity contribution in [3.63, 3.8) is 0 Å². The molecule has 0 saturated carbocycles. The van der Waals surface area contributed by atoms with Crippen LogP contribution in [-0.2, 0) is 35.6 Å². The van der Waals surface area contributed by atoms with Crippen molar-refractivity contribution in [2.24, 2.45) is 0 Å². The van der Waals surface area contributed by atoms with Crippen LogP contribution in [0.4, 0.5) is 17.5 Å². The molecule has 0 spiro atoms. The molecular formula is C20H22N8O5Zn. The molecule has 0 aliphatic rings. The van der Waals surface area contributed by atoms with Gasteiger partial charge in [-0.25, -0.2) is 14.8 Å². The number of rotatable bonds is 9. The van der Waals surface area contributed by atoms with Gasteiger partial charge in [0.15, 0.2) is 17.0 Å². The Hall–Kier alpha value is -3.93. The third-order valence-corrected chi connectivity index (χ3v) is 4.72. The van der Waals surface area contributed by atoms with Crippen molar-refractivity contribution in [2.75, 3.05) is 23.4 Å². The van der Waals surface area contributed by atoms with Gasteiger partial charge in [-0.2, -0.15) is 9.97 Å². The van der Waals surface area contributed by atoms with Crippen LogP contribution in [0.25, 0.3) is 11.2 Å². The molecule has 0 bridgehead atoms. The number of amides is 1. The summed E-state index contributed by atoms with van der Waals surface area (Å²) in [6.45, 7) is 0.370. The largest absolute Gasteiger partial charge is 0.481 e. The second kappa shape index (κ2) is 11.3. The van der Waals surface area contributed by atoms with Gasteiger partial charge < -0.3 is 31.9 Å². The SMILES string of the molecule is CN(Cc1cnc2nc(N)nc(N)c2n1)c1ccc(C(=O)N[C@@H](CCC(=O)O)C(=O)O)cc1.[Zn]. The number of nitrogen functional groups attached to an aromatic ring is 2. The fourth-order valence-corrected chi connectivity index (χ4v) is 3.03. The summed E-state index contributed by atoms with van der Waals surface area (Å²) >= 11 is 0. The van der Waals surface area contributed by atoms with Crippen molar-refractivity contribution in [1.29, 1.82) is 0 Å². The predicted molar refractivity (Wildman–Crippen MR) is 118 cm³/mol. The fraction of sp³-hybridized carbons (Fsp3) is 0.250. The van der Waals surface area contributed by atoms with Gasteiger partial charge >= 0.3 is 11.9 Å². The van der Waals surface area contributed by atoms with E-state index in [1.54, 1.807) is 18.3 Å². The van der Waals surface area contributed by atoms with Crippen LogP contribution in [0.2, 0.25) is 0 Å². The Morgan fingerprint density at radius 2 is 1.76 bits per heavy atom. The molecule has 0 aliphatic heterocycles. The molecule has 1 amide bonds. The van der Waals surface area contributed by atoms with Crippen molar-refractivity contribution in [2.45, 2.75) is 25.4 Å². The zero-order valence-corrected chi connectivity index (χ0v) is 21.3. The molecule has 7 N–H and O–H groups in total. The number of carboxylic acid groups (broad SMARTS) is 2. The van der Waals surface area contributed by atoms with Gasteiger partial charge in [0.05, 0.1) is 18.4 Å². The van der Waals surface area contributed by atoms with E-state index < -0.39 is 23.9 Å². The van der Waals surface area contributed by atoms with Crippen LogP contribution in [-0.4, -0.2) is 61.1 Å². The van der Waals surface area contributed by atoms with Crippen LogP contribution in [0.5, 0.6) is 0 Å². The van der Waals surface area contributed by atoms with E-state index in [0.717, 1.165) is 5.69 Å². The number of fused-ring (bicyclic) bond motifs is 1. The van der Waals surface area contributed by atoms with Crippen molar-refractivity contribution in [3.05, 3.63) is 41.7 Å². The zero-order chi connectivity index (χ0) is 24.1. The van der Waals surface area contributed by atoms with Crippen molar-refractivity contribution >= 4 is 46.5 Å². The molecule has 1 atom stereocenters. The molecule has 0 saturated heterocycles. The van der Waals surface area contributed by atoms with Crippen molar-refractivity contribution in [3.8, 4) is 0 Å². The van der Waals surface area contributed by atoms with E-state index in [0.29, 0.717) is 23.4 Å². The number of nitrogens with zero attached hydrogens (tertiary/aromatic N) is 5. The predicted octanol–water partition coefficient (Wildman–Crippen LogP) is 0.266. The molecule has 13 nitrogen and oxygen atoms in total. The van der Waals surface area contributed by atoms with E-state index in [1.165, 1.54) is 12.1 Å². The topological polar surface area (TPSA) is 211 Å². The minimum absolute atomic E-state index is 0.